The Labute approximate surface area is 185 Å². The topological polar surface area (TPSA) is 78.6 Å². The molecule has 31 heavy (non-hydrogen) atoms. The lowest BCUT2D eigenvalue weighted by atomic mass is 10.0. The molecule has 1 aliphatic heterocycles. The van der Waals surface area contributed by atoms with Crippen molar-refractivity contribution in [2.75, 3.05) is 0 Å². The zero-order valence-corrected chi connectivity index (χ0v) is 17.7. The van der Waals surface area contributed by atoms with Crippen LogP contribution in [0.5, 0.6) is 0 Å². The lowest BCUT2D eigenvalue weighted by Crippen LogP contribution is -2.37. The Hall–Kier alpha value is -3.19. The van der Waals surface area contributed by atoms with E-state index in [9.17, 15) is 9.90 Å². The molecule has 0 amide bonds. The van der Waals surface area contributed by atoms with Gasteiger partial charge in [-0.3, -0.25) is 4.98 Å². The van der Waals surface area contributed by atoms with Gasteiger partial charge in [0.05, 0.1) is 17.3 Å². The van der Waals surface area contributed by atoms with Crippen molar-refractivity contribution in [1.82, 2.24) is 15.2 Å². The molecule has 3 aromatic rings. The van der Waals surface area contributed by atoms with Crippen molar-refractivity contribution in [3.8, 4) is 11.3 Å². The Kier molecular flexibility index (Phi) is 5.19. The summed E-state index contributed by atoms with van der Waals surface area (Å²) in [4.78, 5) is 18.5. The van der Waals surface area contributed by atoms with Gasteiger partial charge in [0.25, 0.3) is 0 Å². The highest BCUT2D eigenvalue weighted by molar-refractivity contribution is 7.80. The largest absolute Gasteiger partial charge is 0.478 e. The molecular formula is C24H23N3O3S. The number of nitrogens with one attached hydrogen (secondary N) is 1. The smallest absolute Gasteiger partial charge is 0.336 e. The minimum absolute atomic E-state index is 0.136. The molecule has 2 aromatic heterocycles. The van der Waals surface area contributed by atoms with E-state index in [1.54, 1.807) is 24.4 Å². The predicted octanol–water partition coefficient (Wildman–Crippen LogP) is 4.95. The first-order chi connectivity index (χ1) is 15.1. The third-order valence-corrected chi connectivity index (χ3v) is 6.52. The number of carboxylic acid groups (broad SMARTS) is 1. The van der Waals surface area contributed by atoms with Crippen LogP contribution in [0.25, 0.3) is 11.3 Å². The summed E-state index contributed by atoms with van der Waals surface area (Å²) in [6.45, 7) is 0. The molecule has 158 valence electrons. The fraction of sp³-hybridized carbons (Fsp3) is 0.292. The van der Waals surface area contributed by atoms with E-state index in [-0.39, 0.29) is 17.6 Å². The average molecular weight is 434 g/mol. The van der Waals surface area contributed by atoms with Gasteiger partial charge in [-0.25, -0.2) is 4.79 Å². The molecule has 1 saturated carbocycles. The molecule has 0 unspecified atom stereocenters. The van der Waals surface area contributed by atoms with Crippen LogP contribution in [0.15, 0.2) is 65.2 Å². The van der Waals surface area contributed by atoms with E-state index in [1.807, 2.05) is 36.4 Å². The van der Waals surface area contributed by atoms with Crippen molar-refractivity contribution in [2.24, 2.45) is 0 Å². The number of pyridine rings is 1. The monoisotopic (exact) mass is 433 g/mol. The van der Waals surface area contributed by atoms with Gasteiger partial charge < -0.3 is 19.7 Å². The van der Waals surface area contributed by atoms with Gasteiger partial charge in [-0.2, -0.15) is 0 Å². The van der Waals surface area contributed by atoms with Crippen molar-refractivity contribution in [3.63, 3.8) is 0 Å². The van der Waals surface area contributed by atoms with E-state index >= 15 is 0 Å². The molecule has 0 bridgehead atoms. The van der Waals surface area contributed by atoms with Crippen molar-refractivity contribution in [2.45, 2.75) is 43.8 Å². The van der Waals surface area contributed by atoms with Crippen molar-refractivity contribution < 1.29 is 14.3 Å². The summed E-state index contributed by atoms with van der Waals surface area (Å²) in [6.07, 6.45) is 6.37. The van der Waals surface area contributed by atoms with Crippen LogP contribution >= 0.6 is 12.2 Å². The molecule has 6 nitrogen and oxygen atoms in total. The molecule has 1 aliphatic carbocycles. The van der Waals surface area contributed by atoms with Crippen LogP contribution in [0, 0.1) is 0 Å². The van der Waals surface area contributed by atoms with Crippen molar-refractivity contribution in [3.05, 3.63) is 77.8 Å². The fourth-order valence-electron chi connectivity index (χ4n) is 4.79. The van der Waals surface area contributed by atoms with Crippen molar-refractivity contribution >= 4 is 23.3 Å². The number of furan rings is 1. The average Bonchev–Trinajstić information content (AvgIpc) is 3.54. The van der Waals surface area contributed by atoms with E-state index in [4.69, 9.17) is 16.6 Å². The first-order valence-electron chi connectivity index (χ1n) is 10.6. The first-order valence-corrected chi connectivity index (χ1v) is 11.0. The first kappa shape index (κ1) is 19.8. The predicted molar refractivity (Wildman–Crippen MR) is 121 cm³/mol. The van der Waals surface area contributed by atoms with Gasteiger partial charge in [0.2, 0.25) is 0 Å². The lowest BCUT2D eigenvalue weighted by Gasteiger charge is -2.31. The fourth-order valence-corrected chi connectivity index (χ4v) is 5.18. The summed E-state index contributed by atoms with van der Waals surface area (Å²) in [5.41, 5.74) is 1.69. The molecular weight excluding hydrogens is 410 g/mol. The van der Waals surface area contributed by atoms with E-state index in [1.165, 1.54) is 12.8 Å². The molecule has 0 radical (unpaired) electrons. The minimum Gasteiger partial charge on any atom is -0.478 e. The van der Waals surface area contributed by atoms with Crippen LogP contribution in [-0.4, -0.2) is 32.1 Å². The van der Waals surface area contributed by atoms with Crippen LogP contribution in [-0.2, 0) is 0 Å². The van der Waals surface area contributed by atoms with Gasteiger partial charge in [-0.05, 0) is 55.4 Å². The highest BCUT2D eigenvalue weighted by atomic mass is 32.1. The Morgan fingerprint density at radius 2 is 1.87 bits per heavy atom. The number of benzene rings is 1. The minimum atomic E-state index is -0.976. The van der Waals surface area contributed by atoms with Crippen molar-refractivity contribution in [1.29, 1.82) is 0 Å². The Bertz CT molecular complexity index is 1110. The molecule has 0 spiro atoms. The molecule has 3 heterocycles. The maximum Gasteiger partial charge on any atom is 0.336 e. The van der Waals surface area contributed by atoms with E-state index < -0.39 is 5.97 Å². The zero-order valence-electron chi connectivity index (χ0n) is 16.9. The quantitative estimate of drug-likeness (QED) is 0.551. The van der Waals surface area contributed by atoms with Gasteiger partial charge in [0.15, 0.2) is 5.11 Å². The third-order valence-electron chi connectivity index (χ3n) is 6.19. The Morgan fingerprint density at radius 1 is 1.10 bits per heavy atom. The second-order valence-corrected chi connectivity index (χ2v) is 8.41. The second-order valence-electron chi connectivity index (χ2n) is 8.02. The Morgan fingerprint density at radius 3 is 2.61 bits per heavy atom. The SMILES string of the molecule is O=C(O)c1ccccc1-c1ccc([C@@H]2[C@H](c3ccccn3)NC(=S)N2C2CCCC2)o1. The van der Waals surface area contributed by atoms with E-state index in [0.717, 1.165) is 29.4 Å². The van der Waals surface area contributed by atoms with Crippen LogP contribution < -0.4 is 5.32 Å². The summed E-state index contributed by atoms with van der Waals surface area (Å²) >= 11 is 5.75. The van der Waals surface area contributed by atoms with E-state index in [0.29, 0.717) is 17.4 Å². The second kappa shape index (κ2) is 8.15. The van der Waals surface area contributed by atoms with Crippen LogP contribution in [0.1, 0.15) is 59.6 Å². The van der Waals surface area contributed by atoms with Crippen LogP contribution in [0.2, 0.25) is 0 Å². The normalized spacial score (nSPS) is 21.4. The molecule has 1 aromatic carbocycles. The number of rotatable bonds is 5. The number of carboxylic acids is 1. The third kappa shape index (κ3) is 3.59. The number of thiocarbonyl (C=S) groups is 1. The lowest BCUT2D eigenvalue weighted by molar-refractivity contribution is 0.0697. The van der Waals surface area contributed by atoms with Crippen LogP contribution in [0.4, 0.5) is 0 Å². The molecule has 2 N–H and O–H groups in total. The van der Waals surface area contributed by atoms with E-state index in [2.05, 4.69) is 15.2 Å². The molecule has 2 fully saturated rings. The summed E-state index contributed by atoms with van der Waals surface area (Å²) < 4.78 is 6.30. The molecule has 2 atom stereocenters. The number of hydrogen-bond acceptors (Lipinski definition) is 4. The summed E-state index contributed by atoms with van der Waals surface area (Å²) in [7, 11) is 0. The maximum atomic E-state index is 11.7. The zero-order chi connectivity index (χ0) is 21.4. The molecule has 7 heteroatoms. The standard InChI is InChI=1S/C24H23N3O3S/c28-23(29)17-10-4-3-9-16(17)19-12-13-20(30-19)22-21(18-11-5-6-14-25-18)26-24(31)27(22)15-7-1-2-8-15/h3-6,9-15,21-22H,1-2,7-8H2,(H,26,31)(H,28,29)/t21-,22+/m0/s1. The van der Waals surface area contributed by atoms with Gasteiger partial charge in [0.1, 0.15) is 17.6 Å². The highest BCUT2D eigenvalue weighted by Crippen LogP contribution is 2.44. The number of nitrogens with zero attached hydrogens (tertiary/aromatic N) is 2. The Balaban J connectivity index is 1.57. The maximum absolute atomic E-state index is 11.7. The van der Waals surface area contributed by atoms with Crippen LogP contribution in [0.3, 0.4) is 0 Å². The van der Waals surface area contributed by atoms with Gasteiger partial charge in [0, 0.05) is 17.8 Å². The molecule has 5 rings (SSSR count). The summed E-state index contributed by atoms with van der Waals surface area (Å²) in [5, 5.41) is 13.8. The molecule has 2 aliphatic rings. The number of aromatic nitrogens is 1. The molecule has 1 saturated heterocycles. The number of hydrogen-bond donors (Lipinski definition) is 2. The van der Waals surface area contributed by atoms with Gasteiger partial charge in [-0.15, -0.1) is 0 Å². The highest BCUT2D eigenvalue weighted by Gasteiger charge is 2.45. The number of carbonyl (C=O) groups is 1. The summed E-state index contributed by atoms with van der Waals surface area (Å²) in [5.74, 6) is 0.318. The van der Waals surface area contributed by atoms with Gasteiger partial charge in [-0.1, -0.05) is 37.1 Å². The number of aromatic carboxylic acids is 1. The summed E-state index contributed by atoms with van der Waals surface area (Å²) in [6, 6.07) is 16.6. The van der Waals surface area contributed by atoms with Gasteiger partial charge >= 0.3 is 5.97 Å².